The number of hydrogen-bond acceptors (Lipinski definition) is 7. The van der Waals surface area contributed by atoms with Gasteiger partial charge in [0, 0.05) is 30.2 Å². The van der Waals surface area contributed by atoms with Crippen molar-refractivity contribution in [1.82, 2.24) is 20.4 Å². The molecule has 1 aromatic rings. The van der Waals surface area contributed by atoms with Crippen LogP contribution >= 0.6 is 11.3 Å². The molecule has 33 heavy (non-hydrogen) atoms. The van der Waals surface area contributed by atoms with E-state index in [4.69, 9.17) is 10.5 Å². The van der Waals surface area contributed by atoms with Gasteiger partial charge in [0.15, 0.2) is 0 Å². The zero-order valence-electron chi connectivity index (χ0n) is 19.1. The molecule has 1 atom stereocenters. The molecule has 1 aromatic heterocycles. The van der Waals surface area contributed by atoms with E-state index in [0.717, 1.165) is 30.8 Å². The Kier molecular flexibility index (Phi) is 7.35. The molecule has 2 fully saturated rings. The summed E-state index contributed by atoms with van der Waals surface area (Å²) < 4.78 is 5.34. The van der Waals surface area contributed by atoms with Gasteiger partial charge >= 0.3 is 12.0 Å². The molecule has 0 aliphatic carbocycles. The van der Waals surface area contributed by atoms with Crippen molar-refractivity contribution in [3.63, 3.8) is 0 Å². The largest absolute Gasteiger partial charge is 0.463 e. The van der Waals surface area contributed by atoms with Gasteiger partial charge in [-0.25, -0.2) is 9.59 Å². The zero-order valence-corrected chi connectivity index (χ0v) is 19.9. The minimum atomic E-state index is -0.605. The lowest BCUT2D eigenvalue weighted by Gasteiger charge is -2.48. The number of nitrogens with two attached hydrogens (primary N) is 1. The maximum Gasteiger partial charge on any atom is 0.338 e. The molecule has 3 amide bonds. The molecule has 3 aliphatic rings. The van der Waals surface area contributed by atoms with Crippen LogP contribution in [0.15, 0.2) is 28.8 Å². The van der Waals surface area contributed by atoms with Gasteiger partial charge in [0.2, 0.25) is 5.91 Å². The summed E-state index contributed by atoms with van der Waals surface area (Å²) in [5, 5.41) is 7.62. The molecule has 4 rings (SSSR count). The Labute approximate surface area is 198 Å². The van der Waals surface area contributed by atoms with Gasteiger partial charge in [0.1, 0.15) is 5.54 Å². The van der Waals surface area contributed by atoms with Crippen molar-refractivity contribution in [3.8, 4) is 0 Å². The van der Waals surface area contributed by atoms with E-state index < -0.39 is 17.6 Å². The number of likely N-dealkylation sites (tertiary alicyclic amines) is 2. The smallest absolute Gasteiger partial charge is 0.338 e. The Hall–Kier alpha value is -2.43. The minimum Gasteiger partial charge on any atom is -0.463 e. The summed E-state index contributed by atoms with van der Waals surface area (Å²) in [6.07, 6.45) is 4.67. The Morgan fingerprint density at radius 2 is 1.94 bits per heavy atom. The Morgan fingerprint density at radius 1 is 1.21 bits per heavy atom. The molecule has 10 heteroatoms. The number of nitrogens with zero attached hydrogens (tertiary/aromatic N) is 2. The fourth-order valence-electron chi connectivity index (χ4n) is 5.21. The predicted octanol–water partition coefficient (Wildman–Crippen LogP) is 1.73. The van der Waals surface area contributed by atoms with Gasteiger partial charge in [-0.2, -0.15) is 0 Å². The van der Waals surface area contributed by atoms with Crippen molar-refractivity contribution < 1.29 is 19.1 Å². The SMILES string of the molecule is CCOC(=O)C1=C(CN2CCC(C(N)=O)(N3CCCCC3)CC2)NC(=O)NC1c1cccs1. The summed E-state index contributed by atoms with van der Waals surface area (Å²) in [7, 11) is 0. The number of rotatable bonds is 7. The van der Waals surface area contributed by atoms with Crippen molar-refractivity contribution in [3.05, 3.63) is 33.7 Å². The lowest BCUT2D eigenvalue weighted by Crippen LogP contribution is -2.63. The van der Waals surface area contributed by atoms with Crippen molar-refractivity contribution >= 4 is 29.2 Å². The summed E-state index contributed by atoms with van der Waals surface area (Å²) in [6.45, 7) is 5.55. The quantitative estimate of drug-likeness (QED) is 0.517. The highest BCUT2D eigenvalue weighted by atomic mass is 32.1. The summed E-state index contributed by atoms with van der Waals surface area (Å²) >= 11 is 1.48. The first kappa shape index (κ1) is 23.7. The van der Waals surface area contributed by atoms with E-state index in [0.29, 0.717) is 43.7 Å². The third-order valence-corrected chi connectivity index (χ3v) is 7.90. The molecular weight excluding hydrogens is 442 g/mol. The van der Waals surface area contributed by atoms with E-state index in [-0.39, 0.29) is 18.5 Å². The zero-order chi connectivity index (χ0) is 23.4. The second kappa shape index (κ2) is 10.2. The molecule has 2 saturated heterocycles. The number of thiophene rings is 1. The van der Waals surface area contributed by atoms with Crippen LogP contribution in [0.3, 0.4) is 0 Å². The van der Waals surface area contributed by atoms with Crippen LogP contribution in [0.5, 0.6) is 0 Å². The maximum absolute atomic E-state index is 12.9. The molecule has 4 N–H and O–H groups in total. The van der Waals surface area contributed by atoms with Crippen LogP contribution in [0.2, 0.25) is 0 Å². The van der Waals surface area contributed by atoms with Crippen molar-refractivity contribution in [2.45, 2.75) is 50.6 Å². The van der Waals surface area contributed by atoms with E-state index in [9.17, 15) is 14.4 Å². The molecule has 180 valence electrons. The Morgan fingerprint density at radius 3 is 2.55 bits per heavy atom. The van der Waals surface area contributed by atoms with E-state index in [2.05, 4.69) is 20.4 Å². The molecule has 0 radical (unpaired) electrons. The predicted molar refractivity (Wildman–Crippen MR) is 125 cm³/mol. The first-order valence-corrected chi connectivity index (χ1v) is 12.6. The first-order chi connectivity index (χ1) is 15.9. The van der Waals surface area contributed by atoms with Gasteiger partial charge in [-0.05, 0) is 57.1 Å². The van der Waals surface area contributed by atoms with Crippen LogP contribution in [0.4, 0.5) is 4.79 Å². The molecule has 0 aromatic carbocycles. The molecule has 0 spiro atoms. The second-order valence-corrected chi connectivity index (χ2v) is 9.86. The Balaban J connectivity index is 1.54. The van der Waals surface area contributed by atoms with Crippen LogP contribution in [0.25, 0.3) is 0 Å². The van der Waals surface area contributed by atoms with Gasteiger partial charge in [-0.15, -0.1) is 11.3 Å². The minimum absolute atomic E-state index is 0.247. The fraction of sp³-hybridized carbons (Fsp3) is 0.609. The molecule has 0 bridgehead atoms. The lowest BCUT2D eigenvalue weighted by molar-refractivity contribution is -0.139. The van der Waals surface area contributed by atoms with Gasteiger partial charge in [-0.3, -0.25) is 14.6 Å². The van der Waals surface area contributed by atoms with Crippen LogP contribution < -0.4 is 16.4 Å². The first-order valence-electron chi connectivity index (χ1n) is 11.7. The van der Waals surface area contributed by atoms with Crippen molar-refractivity contribution in [2.75, 3.05) is 39.3 Å². The number of nitrogens with one attached hydrogen (secondary N) is 2. The molecule has 1 unspecified atom stereocenters. The number of urea groups is 1. The molecule has 3 aliphatic heterocycles. The van der Waals surface area contributed by atoms with E-state index in [1.165, 1.54) is 17.8 Å². The normalized spacial score (nSPS) is 24.2. The standard InChI is InChI=1S/C23H33N5O4S/c1-2-32-20(29)18-16(25-22(31)26-19(18)17-7-6-14-33-17)15-27-12-8-23(9-13-27,21(24)30)28-10-4-3-5-11-28/h6-7,14,19H,2-5,8-13,15H2,1H3,(H2,24,30)(H2,25,26,31). The highest BCUT2D eigenvalue weighted by molar-refractivity contribution is 7.10. The van der Waals surface area contributed by atoms with E-state index >= 15 is 0 Å². The summed E-state index contributed by atoms with van der Waals surface area (Å²) in [6, 6.07) is 2.91. The van der Waals surface area contributed by atoms with Crippen LogP contribution in [0, 0.1) is 0 Å². The number of primary amides is 1. The van der Waals surface area contributed by atoms with Gasteiger partial charge in [0.05, 0.1) is 18.2 Å². The second-order valence-electron chi connectivity index (χ2n) is 8.88. The highest BCUT2D eigenvalue weighted by Gasteiger charge is 2.45. The lowest BCUT2D eigenvalue weighted by atomic mass is 9.83. The molecule has 9 nitrogen and oxygen atoms in total. The van der Waals surface area contributed by atoms with Gasteiger partial charge in [0.25, 0.3) is 0 Å². The molecule has 4 heterocycles. The van der Waals surface area contributed by atoms with Crippen molar-refractivity contribution in [2.24, 2.45) is 5.73 Å². The fourth-order valence-corrected chi connectivity index (χ4v) is 5.99. The average molecular weight is 476 g/mol. The number of amides is 3. The van der Waals surface area contributed by atoms with Gasteiger partial charge in [-0.1, -0.05) is 12.5 Å². The van der Waals surface area contributed by atoms with E-state index in [1.54, 1.807) is 6.92 Å². The summed E-state index contributed by atoms with van der Waals surface area (Å²) in [5.74, 6) is -0.682. The summed E-state index contributed by atoms with van der Waals surface area (Å²) in [4.78, 5) is 43.2. The number of carbonyl (C=O) groups is 3. The highest BCUT2D eigenvalue weighted by Crippen LogP contribution is 2.34. The van der Waals surface area contributed by atoms with Gasteiger partial charge < -0.3 is 21.1 Å². The number of esters is 1. The van der Waals surface area contributed by atoms with E-state index in [1.807, 2.05) is 17.5 Å². The third-order valence-electron chi connectivity index (χ3n) is 6.96. The Bertz CT molecular complexity index is 902. The monoisotopic (exact) mass is 475 g/mol. The molecule has 0 saturated carbocycles. The maximum atomic E-state index is 12.9. The molecular formula is C23H33N5O4S. The van der Waals surface area contributed by atoms with Crippen molar-refractivity contribution in [1.29, 1.82) is 0 Å². The number of carbonyl (C=O) groups excluding carboxylic acids is 3. The number of piperidine rings is 2. The van der Waals surface area contributed by atoms with Crippen LogP contribution in [-0.4, -0.2) is 72.6 Å². The van der Waals surface area contributed by atoms with Crippen LogP contribution in [-0.2, 0) is 14.3 Å². The number of ether oxygens (including phenoxy) is 1. The average Bonchev–Trinajstić information content (AvgIpc) is 3.35. The topological polar surface area (TPSA) is 117 Å². The number of hydrogen-bond donors (Lipinski definition) is 3. The summed E-state index contributed by atoms with van der Waals surface area (Å²) in [5.41, 5.74) is 6.30. The van der Waals surface area contributed by atoms with Crippen LogP contribution in [0.1, 0.15) is 49.9 Å². The third kappa shape index (κ3) is 4.92.